The molecule has 0 radical (unpaired) electrons. The maximum absolute atomic E-state index is 12.1. The smallest absolute Gasteiger partial charge is 0.319 e. The maximum atomic E-state index is 12.1. The summed E-state index contributed by atoms with van der Waals surface area (Å²) < 4.78 is 5.20. The second kappa shape index (κ2) is 9.15. The summed E-state index contributed by atoms with van der Waals surface area (Å²) in [5.41, 5.74) is 1.58. The highest BCUT2D eigenvalue weighted by atomic mass is 35.5. The first-order valence-electron chi connectivity index (χ1n) is 7.69. The number of amides is 2. The van der Waals surface area contributed by atoms with Crippen LogP contribution in [-0.4, -0.2) is 31.4 Å². The number of hydrogen-bond donors (Lipinski definition) is 3. The molecule has 0 heterocycles. The molecular weight excluding hydrogens is 328 g/mol. The molecule has 0 spiro atoms. The first-order chi connectivity index (χ1) is 11.7. The first kappa shape index (κ1) is 18.1. The summed E-state index contributed by atoms with van der Waals surface area (Å²) in [6.45, 7) is 0.476. The third-order valence-electron chi connectivity index (χ3n) is 3.68. The Balaban J connectivity index is 1.98. The number of methoxy groups -OCH3 is 1. The number of carbonyl (C=O) groups excluding carboxylic acids is 1. The van der Waals surface area contributed by atoms with Crippen molar-refractivity contribution in [3.63, 3.8) is 0 Å². The van der Waals surface area contributed by atoms with Crippen LogP contribution in [0.3, 0.4) is 0 Å². The quantitative estimate of drug-likeness (QED) is 0.715. The molecule has 2 rings (SSSR count). The normalized spacial score (nSPS) is 11.6. The van der Waals surface area contributed by atoms with E-state index in [0.29, 0.717) is 29.4 Å². The zero-order valence-electron chi connectivity index (χ0n) is 13.5. The van der Waals surface area contributed by atoms with E-state index in [-0.39, 0.29) is 18.6 Å². The molecule has 1 atom stereocenters. The highest BCUT2D eigenvalue weighted by Gasteiger charge is 2.14. The summed E-state index contributed by atoms with van der Waals surface area (Å²) in [5, 5.41) is 15.2. The molecule has 0 bridgehead atoms. The lowest BCUT2D eigenvalue weighted by Gasteiger charge is -2.18. The van der Waals surface area contributed by atoms with Gasteiger partial charge in [0, 0.05) is 19.1 Å². The van der Waals surface area contributed by atoms with E-state index in [1.54, 1.807) is 18.2 Å². The van der Waals surface area contributed by atoms with Gasteiger partial charge in [-0.25, -0.2) is 4.79 Å². The van der Waals surface area contributed by atoms with E-state index in [1.807, 2.05) is 30.3 Å². The molecule has 24 heavy (non-hydrogen) atoms. The molecule has 2 aromatic rings. The lowest BCUT2D eigenvalue weighted by molar-refractivity contribution is 0.248. The molecule has 0 aliphatic heterocycles. The summed E-state index contributed by atoms with van der Waals surface area (Å²) in [5.74, 6) is 0.465. The Kier molecular flexibility index (Phi) is 6.90. The van der Waals surface area contributed by atoms with Gasteiger partial charge in [0.2, 0.25) is 0 Å². The van der Waals surface area contributed by atoms with Crippen molar-refractivity contribution in [1.29, 1.82) is 0 Å². The van der Waals surface area contributed by atoms with Crippen molar-refractivity contribution in [3.8, 4) is 5.75 Å². The molecule has 6 heteroatoms. The van der Waals surface area contributed by atoms with Crippen molar-refractivity contribution in [1.82, 2.24) is 5.32 Å². The standard InChI is InChI=1S/C18H21ClN2O3/c1-24-17-15(19)8-5-9-16(17)21-18(23)20-12-14(10-11-22)13-6-3-2-4-7-13/h2-9,14,22H,10-12H2,1H3,(H2,20,21,23). The van der Waals surface area contributed by atoms with Crippen molar-refractivity contribution < 1.29 is 14.6 Å². The summed E-state index contributed by atoms with van der Waals surface area (Å²) in [6.07, 6.45) is 0.574. The highest BCUT2D eigenvalue weighted by molar-refractivity contribution is 6.32. The molecule has 0 saturated heterocycles. The number of aliphatic hydroxyl groups is 1. The van der Waals surface area contributed by atoms with Gasteiger partial charge in [-0.15, -0.1) is 0 Å². The Labute approximate surface area is 146 Å². The molecule has 0 saturated carbocycles. The molecule has 1 unspecified atom stereocenters. The zero-order valence-corrected chi connectivity index (χ0v) is 14.2. The van der Waals surface area contributed by atoms with Crippen molar-refractivity contribution in [2.45, 2.75) is 12.3 Å². The molecule has 0 aliphatic rings. The van der Waals surface area contributed by atoms with E-state index >= 15 is 0 Å². The van der Waals surface area contributed by atoms with Crippen molar-refractivity contribution >= 4 is 23.3 Å². The zero-order chi connectivity index (χ0) is 17.4. The lowest BCUT2D eigenvalue weighted by Crippen LogP contribution is -2.32. The number of rotatable bonds is 7. The fourth-order valence-corrected chi connectivity index (χ4v) is 2.72. The number of halogens is 1. The number of para-hydroxylation sites is 1. The largest absolute Gasteiger partial charge is 0.493 e. The number of urea groups is 1. The number of anilines is 1. The average molecular weight is 349 g/mol. The number of hydrogen-bond acceptors (Lipinski definition) is 3. The van der Waals surface area contributed by atoms with Gasteiger partial charge in [0.1, 0.15) is 0 Å². The summed E-state index contributed by atoms with van der Waals surface area (Å²) in [6, 6.07) is 14.6. The Morgan fingerprint density at radius 3 is 2.62 bits per heavy atom. The van der Waals surface area contributed by atoms with E-state index in [9.17, 15) is 9.90 Å². The minimum Gasteiger partial charge on any atom is -0.493 e. The van der Waals surface area contributed by atoms with Crippen LogP contribution in [0, 0.1) is 0 Å². The Hall–Kier alpha value is -2.24. The van der Waals surface area contributed by atoms with Crippen LogP contribution >= 0.6 is 11.6 Å². The average Bonchev–Trinajstić information content (AvgIpc) is 2.59. The third kappa shape index (κ3) is 4.88. The summed E-state index contributed by atoms with van der Waals surface area (Å²) >= 11 is 6.04. The first-order valence-corrected chi connectivity index (χ1v) is 8.06. The molecule has 3 N–H and O–H groups in total. The Morgan fingerprint density at radius 1 is 1.21 bits per heavy atom. The summed E-state index contributed by atoms with van der Waals surface area (Å²) in [7, 11) is 1.50. The van der Waals surface area contributed by atoms with E-state index in [1.165, 1.54) is 7.11 Å². The van der Waals surface area contributed by atoms with Gasteiger partial charge in [0.15, 0.2) is 5.75 Å². The second-order valence-electron chi connectivity index (χ2n) is 5.28. The number of nitrogens with one attached hydrogen (secondary N) is 2. The Bertz CT molecular complexity index is 665. The minimum atomic E-state index is -0.352. The fourth-order valence-electron chi connectivity index (χ4n) is 2.46. The predicted octanol–water partition coefficient (Wildman–Crippen LogP) is 3.64. The van der Waals surface area contributed by atoms with Gasteiger partial charge in [0.05, 0.1) is 17.8 Å². The van der Waals surface area contributed by atoms with Gasteiger partial charge in [-0.05, 0) is 24.1 Å². The minimum absolute atomic E-state index is 0.0446. The van der Waals surface area contributed by atoms with Crippen LogP contribution in [0.15, 0.2) is 48.5 Å². The van der Waals surface area contributed by atoms with E-state index in [4.69, 9.17) is 16.3 Å². The Morgan fingerprint density at radius 2 is 1.96 bits per heavy atom. The molecule has 0 fully saturated rings. The topological polar surface area (TPSA) is 70.6 Å². The van der Waals surface area contributed by atoms with Crippen LogP contribution in [0.25, 0.3) is 0 Å². The van der Waals surface area contributed by atoms with E-state index in [0.717, 1.165) is 5.56 Å². The van der Waals surface area contributed by atoms with E-state index in [2.05, 4.69) is 10.6 Å². The molecule has 128 valence electrons. The third-order valence-corrected chi connectivity index (χ3v) is 3.97. The van der Waals surface area contributed by atoms with Gasteiger partial charge in [-0.2, -0.15) is 0 Å². The molecule has 0 aromatic heterocycles. The van der Waals surface area contributed by atoms with Crippen molar-refractivity contribution in [2.24, 2.45) is 0 Å². The number of ether oxygens (including phenoxy) is 1. The number of carbonyl (C=O) groups is 1. The number of benzene rings is 2. The van der Waals surface area contributed by atoms with E-state index < -0.39 is 0 Å². The molecular formula is C18H21ClN2O3. The number of aliphatic hydroxyl groups excluding tert-OH is 1. The van der Waals surface area contributed by atoms with Gasteiger partial charge < -0.3 is 20.5 Å². The van der Waals surface area contributed by atoms with Crippen LogP contribution < -0.4 is 15.4 Å². The lowest BCUT2D eigenvalue weighted by atomic mass is 9.96. The monoisotopic (exact) mass is 348 g/mol. The SMILES string of the molecule is COc1c(Cl)cccc1NC(=O)NCC(CCO)c1ccccc1. The fraction of sp³-hybridized carbons (Fsp3) is 0.278. The van der Waals surface area contributed by atoms with Crippen LogP contribution in [0.1, 0.15) is 17.9 Å². The predicted molar refractivity (Wildman–Crippen MR) is 95.9 cm³/mol. The van der Waals surface area contributed by atoms with Crippen LogP contribution in [0.2, 0.25) is 5.02 Å². The van der Waals surface area contributed by atoms with Crippen LogP contribution in [-0.2, 0) is 0 Å². The molecule has 5 nitrogen and oxygen atoms in total. The molecule has 2 amide bonds. The van der Waals surface area contributed by atoms with Gasteiger partial charge in [-0.1, -0.05) is 48.0 Å². The van der Waals surface area contributed by atoms with Crippen molar-refractivity contribution in [3.05, 3.63) is 59.1 Å². The molecule has 0 aliphatic carbocycles. The van der Waals surface area contributed by atoms with Crippen LogP contribution in [0.5, 0.6) is 5.75 Å². The maximum Gasteiger partial charge on any atom is 0.319 e. The highest BCUT2D eigenvalue weighted by Crippen LogP contribution is 2.32. The summed E-state index contributed by atoms with van der Waals surface area (Å²) in [4.78, 5) is 12.1. The van der Waals surface area contributed by atoms with Gasteiger partial charge in [0.25, 0.3) is 0 Å². The van der Waals surface area contributed by atoms with Crippen LogP contribution in [0.4, 0.5) is 10.5 Å². The molecule has 2 aromatic carbocycles. The van der Waals surface area contributed by atoms with Gasteiger partial charge in [-0.3, -0.25) is 0 Å². The van der Waals surface area contributed by atoms with Crippen molar-refractivity contribution in [2.75, 3.05) is 25.6 Å². The van der Waals surface area contributed by atoms with Gasteiger partial charge >= 0.3 is 6.03 Å². The second-order valence-corrected chi connectivity index (χ2v) is 5.68.